The molecule has 1 aliphatic heterocycles. The van der Waals surface area contributed by atoms with Crippen LogP contribution >= 0.6 is 15.9 Å². The molecule has 0 radical (unpaired) electrons. The van der Waals surface area contributed by atoms with E-state index < -0.39 is 0 Å². The SMILES string of the molecule is COc1ccc(C2=CCC(C)C(=O)N2C)c(Br)c1. The summed E-state index contributed by atoms with van der Waals surface area (Å²) in [6, 6.07) is 5.78. The Labute approximate surface area is 116 Å². The van der Waals surface area contributed by atoms with Crippen molar-refractivity contribution in [3.8, 4) is 5.75 Å². The fraction of sp³-hybridized carbons (Fsp3) is 0.357. The van der Waals surface area contributed by atoms with E-state index in [0.717, 1.165) is 27.9 Å². The maximum atomic E-state index is 12.0. The molecule has 0 fully saturated rings. The molecule has 1 aromatic carbocycles. The first-order valence-corrected chi connectivity index (χ1v) is 6.65. The highest BCUT2D eigenvalue weighted by molar-refractivity contribution is 9.10. The number of carbonyl (C=O) groups is 1. The normalized spacial score (nSPS) is 19.8. The van der Waals surface area contributed by atoms with Gasteiger partial charge in [-0.3, -0.25) is 4.79 Å². The summed E-state index contributed by atoms with van der Waals surface area (Å²) < 4.78 is 6.11. The number of halogens is 1. The fourth-order valence-corrected chi connectivity index (χ4v) is 2.66. The van der Waals surface area contributed by atoms with Gasteiger partial charge in [0, 0.05) is 28.7 Å². The van der Waals surface area contributed by atoms with Gasteiger partial charge in [-0.25, -0.2) is 0 Å². The van der Waals surface area contributed by atoms with E-state index >= 15 is 0 Å². The third-order valence-corrected chi connectivity index (χ3v) is 3.89. The molecule has 2 rings (SSSR count). The van der Waals surface area contributed by atoms with Crippen LogP contribution in [-0.4, -0.2) is 25.0 Å². The molecule has 1 aromatic rings. The van der Waals surface area contributed by atoms with E-state index in [1.54, 1.807) is 12.0 Å². The lowest BCUT2D eigenvalue weighted by molar-refractivity contribution is -0.131. The van der Waals surface area contributed by atoms with Crippen LogP contribution in [0.1, 0.15) is 18.9 Å². The van der Waals surface area contributed by atoms with Crippen LogP contribution in [0.25, 0.3) is 5.70 Å². The topological polar surface area (TPSA) is 29.5 Å². The molecule has 96 valence electrons. The molecular formula is C14H16BrNO2. The third-order valence-electron chi connectivity index (χ3n) is 3.23. The smallest absolute Gasteiger partial charge is 0.229 e. The summed E-state index contributed by atoms with van der Waals surface area (Å²) in [6.45, 7) is 1.95. The second kappa shape index (κ2) is 5.14. The summed E-state index contributed by atoms with van der Waals surface area (Å²) in [6.07, 6.45) is 2.90. The number of allylic oxidation sites excluding steroid dienone is 1. The summed E-state index contributed by atoms with van der Waals surface area (Å²) in [5.74, 6) is 1.02. The van der Waals surface area contributed by atoms with Crippen LogP contribution in [0.3, 0.4) is 0 Å². The zero-order valence-electron chi connectivity index (χ0n) is 10.7. The van der Waals surface area contributed by atoms with Crippen LogP contribution in [0.5, 0.6) is 5.75 Å². The van der Waals surface area contributed by atoms with Crippen molar-refractivity contribution in [2.45, 2.75) is 13.3 Å². The van der Waals surface area contributed by atoms with E-state index in [9.17, 15) is 4.79 Å². The maximum absolute atomic E-state index is 12.0. The Bertz CT molecular complexity index is 511. The first kappa shape index (κ1) is 13.1. The lowest BCUT2D eigenvalue weighted by Gasteiger charge is -2.29. The Hall–Kier alpha value is -1.29. The molecule has 4 heteroatoms. The second-order valence-corrected chi connectivity index (χ2v) is 5.32. The molecule has 0 bridgehead atoms. The zero-order valence-corrected chi connectivity index (χ0v) is 12.3. The van der Waals surface area contributed by atoms with Crippen LogP contribution < -0.4 is 4.74 Å². The Morgan fingerprint density at radius 2 is 2.17 bits per heavy atom. The van der Waals surface area contributed by atoms with Crippen molar-refractivity contribution in [3.05, 3.63) is 34.3 Å². The largest absolute Gasteiger partial charge is 0.497 e. The number of ether oxygens (including phenoxy) is 1. The quantitative estimate of drug-likeness (QED) is 0.839. The highest BCUT2D eigenvalue weighted by Crippen LogP contribution is 2.33. The first-order chi connectivity index (χ1) is 8.54. The Kier molecular flexibility index (Phi) is 3.76. The summed E-state index contributed by atoms with van der Waals surface area (Å²) in [5, 5.41) is 0. The van der Waals surface area contributed by atoms with Gasteiger partial charge in [0.25, 0.3) is 0 Å². The molecule has 0 spiro atoms. The minimum absolute atomic E-state index is 0.0655. The van der Waals surface area contributed by atoms with Gasteiger partial charge in [0.05, 0.1) is 7.11 Å². The van der Waals surface area contributed by atoms with E-state index in [1.807, 2.05) is 32.2 Å². The van der Waals surface area contributed by atoms with Crippen LogP contribution in [0.2, 0.25) is 0 Å². The number of benzene rings is 1. The summed E-state index contributed by atoms with van der Waals surface area (Å²) in [5.41, 5.74) is 1.96. The van der Waals surface area contributed by atoms with Gasteiger partial charge in [0.2, 0.25) is 5.91 Å². The van der Waals surface area contributed by atoms with Crippen molar-refractivity contribution in [2.24, 2.45) is 5.92 Å². The van der Waals surface area contributed by atoms with Crippen LogP contribution in [0.4, 0.5) is 0 Å². The molecule has 3 nitrogen and oxygen atoms in total. The molecule has 18 heavy (non-hydrogen) atoms. The Morgan fingerprint density at radius 3 is 2.78 bits per heavy atom. The predicted molar refractivity (Wildman–Crippen MR) is 75.2 cm³/mol. The third kappa shape index (κ3) is 2.29. The van der Waals surface area contributed by atoms with E-state index in [-0.39, 0.29) is 11.8 Å². The van der Waals surface area contributed by atoms with Gasteiger partial charge >= 0.3 is 0 Å². The minimum atomic E-state index is 0.0655. The first-order valence-electron chi connectivity index (χ1n) is 5.86. The molecule has 1 unspecified atom stereocenters. The highest BCUT2D eigenvalue weighted by atomic mass is 79.9. The van der Waals surface area contributed by atoms with Crippen molar-refractivity contribution in [1.29, 1.82) is 0 Å². The van der Waals surface area contributed by atoms with Crippen LogP contribution in [-0.2, 0) is 4.79 Å². The molecular weight excluding hydrogens is 294 g/mol. The van der Waals surface area contributed by atoms with E-state index in [4.69, 9.17) is 4.74 Å². The van der Waals surface area contributed by atoms with Crippen molar-refractivity contribution < 1.29 is 9.53 Å². The molecule has 1 atom stereocenters. The second-order valence-electron chi connectivity index (χ2n) is 4.47. The monoisotopic (exact) mass is 309 g/mol. The average Bonchev–Trinajstić information content (AvgIpc) is 2.37. The molecule has 0 aromatic heterocycles. The standard InChI is InChI=1S/C14H16BrNO2/c1-9-4-7-13(16(2)14(9)17)11-6-5-10(18-3)8-12(11)15/h5-9H,4H2,1-3H3. The summed E-state index contributed by atoms with van der Waals surface area (Å²) in [4.78, 5) is 13.7. The van der Waals surface area contributed by atoms with Crippen molar-refractivity contribution in [3.63, 3.8) is 0 Å². The number of carbonyl (C=O) groups excluding carboxylic acids is 1. The maximum Gasteiger partial charge on any atom is 0.229 e. The van der Waals surface area contributed by atoms with Gasteiger partial charge in [0.1, 0.15) is 5.75 Å². The van der Waals surface area contributed by atoms with Crippen molar-refractivity contribution >= 4 is 27.5 Å². The summed E-state index contributed by atoms with van der Waals surface area (Å²) in [7, 11) is 3.46. The fourth-order valence-electron chi connectivity index (χ4n) is 2.10. The molecule has 0 saturated heterocycles. The van der Waals surface area contributed by atoms with E-state index in [1.165, 1.54) is 0 Å². The van der Waals surface area contributed by atoms with Gasteiger partial charge in [0.15, 0.2) is 0 Å². The van der Waals surface area contributed by atoms with Gasteiger partial charge in [-0.1, -0.05) is 13.0 Å². The molecule has 0 saturated carbocycles. The van der Waals surface area contributed by atoms with Gasteiger partial charge in [-0.15, -0.1) is 0 Å². The number of methoxy groups -OCH3 is 1. The van der Waals surface area contributed by atoms with Crippen LogP contribution in [0, 0.1) is 5.92 Å². The zero-order chi connectivity index (χ0) is 13.3. The average molecular weight is 310 g/mol. The molecule has 0 N–H and O–H groups in total. The van der Waals surface area contributed by atoms with E-state index in [2.05, 4.69) is 22.0 Å². The number of rotatable bonds is 2. The van der Waals surface area contributed by atoms with Gasteiger partial charge in [-0.05, 0) is 40.5 Å². The van der Waals surface area contributed by atoms with Gasteiger partial charge in [-0.2, -0.15) is 0 Å². The molecule has 1 aliphatic rings. The minimum Gasteiger partial charge on any atom is -0.497 e. The van der Waals surface area contributed by atoms with Gasteiger partial charge < -0.3 is 9.64 Å². The number of nitrogens with zero attached hydrogens (tertiary/aromatic N) is 1. The van der Waals surface area contributed by atoms with Crippen LogP contribution in [0.15, 0.2) is 28.7 Å². The number of hydrogen-bond donors (Lipinski definition) is 0. The Balaban J connectivity index is 2.40. The molecule has 1 heterocycles. The lowest BCUT2D eigenvalue weighted by Crippen LogP contribution is -2.33. The molecule has 0 aliphatic carbocycles. The Morgan fingerprint density at radius 1 is 1.44 bits per heavy atom. The van der Waals surface area contributed by atoms with Crippen molar-refractivity contribution in [2.75, 3.05) is 14.2 Å². The number of amides is 1. The number of hydrogen-bond acceptors (Lipinski definition) is 2. The predicted octanol–water partition coefficient (Wildman–Crippen LogP) is 3.30. The highest BCUT2D eigenvalue weighted by Gasteiger charge is 2.25. The molecule has 1 amide bonds. The van der Waals surface area contributed by atoms with E-state index in [0.29, 0.717) is 0 Å². The van der Waals surface area contributed by atoms with Crippen molar-refractivity contribution in [1.82, 2.24) is 4.90 Å². The summed E-state index contributed by atoms with van der Waals surface area (Å²) >= 11 is 3.53. The lowest BCUT2D eigenvalue weighted by atomic mass is 9.98.